The van der Waals surface area contributed by atoms with E-state index in [0.717, 1.165) is 5.56 Å². The van der Waals surface area contributed by atoms with Gasteiger partial charge in [-0.15, -0.1) is 0 Å². The molecule has 2 fully saturated rings. The second-order valence-electron chi connectivity index (χ2n) is 7.49. The van der Waals surface area contributed by atoms with Crippen LogP contribution in [0.15, 0.2) is 30.3 Å². The minimum atomic E-state index is -3.37. The maximum absolute atomic E-state index is 12.7. The third-order valence-electron chi connectivity index (χ3n) is 4.37. The van der Waals surface area contributed by atoms with Crippen molar-refractivity contribution in [3.63, 3.8) is 0 Å². The van der Waals surface area contributed by atoms with E-state index in [1.165, 1.54) is 0 Å². The normalized spacial score (nSPS) is 24.4. The van der Waals surface area contributed by atoms with Crippen LogP contribution < -0.4 is 0 Å². The van der Waals surface area contributed by atoms with Crippen molar-refractivity contribution >= 4 is 16.1 Å². The van der Waals surface area contributed by atoms with Crippen LogP contribution in [0.4, 0.5) is 4.79 Å². The smallest absolute Gasteiger partial charge is 0.410 e. The first-order chi connectivity index (χ1) is 11.2. The van der Waals surface area contributed by atoms with Gasteiger partial charge in [-0.1, -0.05) is 30.3 Å². The summed E-state index contributed by atoms with van der Waals surface area (Å²) >= 11 is 0. The van der Waals surface area contributed by atoms with Crippen LogP contribution >= 0.6 is 0 Å². The average Bonchev–Trinajstić information content (AvgIpc) is 3.06. The van der Waals surface area contributed by atoms with E-state index < -0.39 is 15.6 Å². The minimum absolute atomic E-state index is 0.00347. The van der Waals surface area contributed by atoms with Crippen LogP contribution in [-0.4, -0.2) is 54.5 Å². The van der Waals surface area contributed by atoms with Crippen LogP contribution in [0.1, 0.15) is 32.8 Å². The third-order valence-corrected chi connectivity index (χ3v) is 6.23. The summed E-state index contributed by atoms with van der Waals surface area (Å²) in [5.41, 5.74) is 0.238. The fourth-order valence-electron chi connectivity index (χ4n) is 3.38. The maximum Gasteiger partial charge on any atom is 0.410 e. The molecule has 24 heavy (non-hydrogen) atoms. The topological polar surface area (TPSA) is 66.9 Å². The summed E-state index contributed by atoms with van der Waals surface area (Å²) in [5, 5.41) is 0. The van der Waals surface area contributed by atoms with E-state index in [2.05, 4.69) is 0 Å². The van der Waals surface area contributed by atoms with E-state index in [1.807, 2.05) is 51.1 Å². The van der Waals surface area contributed by atoms with Gasteiger partial charge in [0.25, 0.3) is 0 Å². The number of amides is 1. The number of nitrogens with zero attached hydrogens (tertiary/aromatic N) is 2. The van der Waals surface area contributed by atoms with Gasteiger partial charge in [0.05, 0.1) is 11.8 Å². The van der Waals surface area contributed by atoms with E-state index in [0.29, 0.717) is 19.5 Å². The molecule has 2 aliphatic heterocycles. The van der Waals surface area contributed by atoms with Crippen LogP contribution in [-0.2, 0) is 20.5 Å². The highest BCUT2D eigenvalue weighted by atomic mass is 32.2. The van der Waals surface area contributed by atoms with Crippen molar-refractivity contribution in [3.8, 4) is 0 Å². The van der Waals surface area contributed by atoms with Gasteiger partial charge in [0.2, 0.25) is 10.0 Å². The van der Waals surface area contributed by atoms with E-state index in [4.69, 9.17) is 4.74 Å². The first kappa shape index (κ1) is 17.2. The SMILES string of the molecule is CC(C)(C)OC(=O)N1CC2CC1CN2S(=O)(=O)Cc1ccccc1. The highest BCUT2D eigenvalue weighted by molar-refractivity contribution is 7.88. The predicted octanol–water partition coefficient (Wildman–Crippen LogP) is 2.21. The largest absolute Gasteiger partial charge is 0.444 e. The van der Waals surface area contributed by atoms with Crippen LogP contribution in [0, 0.1) is 0 Å². The van der Waals surface area contributed by atoms with E-state index in [9.17, 15) is 13.2 Å². The average molecular weight is 352 g/mol. The molecule has 0 aromatic heterocycles. The third kappa shape index (κ3) is 3.57. The number of carbonyl (C=O) groups excluding carboxylic acids is 1. The fourth-order valence-corrected chi connectivity index (χ4v) is 5.17. The molecular formula is C17H24N2O4S. The Morgan fingerprint density at radius 1 is 1.17 bits per heavy atom. The highest BCUT2D eigenvalue weighted by Gasteiger charge is 2.50. The van der Waals surface area contributed by atoms with Crippen molar-refractivity contribution in [1.29, 1.82) is 0 Å². The Kier molecular flexibility index (Phi) is 4.34. The first-order valence-corrected chi connectivity index (χ1v) is 9.80. The lowest BCUT2D eigenvalue weighted by atomic mass is 10.2. The molecule has 132 valence electrons. The lowest BCUT2D eigenvalue weighted by Gasteiger charge is -2.34. The van der Waals surface area contributed by atoms with Crippen LogP contribution in [0.5, 0.6) is 0 Å². The lowest BCUT2D eigenvalue weighted by Crippen LogP contribution is -2.51. The van der Waals surface area contributed by atoms with Gasteiger partial charge in [0.1, 0.15) is 5.60 Å². The van der Waals surface area contributed by atoms with E-state index in [-0.39, 0.29) is 23.9 Å². The molecule has 0 saturated carbocycles. The number of benzene rings is 1. The second-order valence-corrected chi connectivity index (χ2v) is 9.41. The number of sulfonamides is 1. The Hall–Kier alpha value is -1.60. The number of likely N-dealkylation sites (tertiary alicyclic amines) is 1. The zero-order chi connectivity index (χ0) is 17.5. The van der Waals surface area contributed by atoms with Gasteiger partial charge in [-0.2, -0.15) is 4.31 Å². The lowest BCUT2D eigenvalue weighted by molar-refractivity contribution is 0.0172. The Labute approximate surface area is 143 Å². The second kappa shape index (κ2) is 6.04. The standard InChI is InChI=1S/C17H24N2O4S/c1-17(2,3)23-16(20)18-10-15-9-14(18)11-19(15)24(21,22)12-13-7-5-4-6-8-13/h4-8,14-15H,9-12H2,1-3H3. The van der Waals surface area contributed by atoms with Crippen LogP contribution in [0.3, 0.4) is 0 Å². The monoisotopic (exact) mass is 352 g/mol. The number of hydrogen-bond donors (Lipinski definition) is 0. The summed E-state index contributed by atoms with van der Waals surface area (Å²) in [6, 6.07) is 8.95. The molecule has 2 bridgehead atoms. The molecule has 1 amide bonds. The summed E-state index contributed by atoms with van der Waals surface area (Å²) in [6.07, 6.45) is 0.336. The molecule has 2 unspecified atom stereocenters. The first-order valence-electron chi connectivity index (χ1n) is 8.19. The Balaban J connectivity index is 1.66. The molecule has 2 atom stereocenters. The molecular weight excluding hydrogens is 328 g/mol. The molecule has 0 aliphatic carbocycles. The predicted molar refractivity (Wildman–Crippen MR) is 90.9 cm³/mol. The van der Waals surface area contributed by atoms with E-state index in [1.54, 1.807) is 9.21 Å². The Bertz CT molecular complexity index is 712. The molecule has 2 aliphatic rings. The molecule has 6 nitrogen and oxygen atoms in total. The van der Waals surface area contributed by atoms with Crippen molar-refractivity contribution in [3.05, 3.63) is 35.9 Å². The van der Waals surface area contributed by atoms with Gasteiger partial charge in [0.15, 0.2) is 0 Å². The molecule has 1 aromatic carbocycles. The highest BCUT2D eigenvalue weighted by Crippen LogP contribution is 2.34. The van der Waals surface area contributed by atoms with Gasteiger partial charge in [0, 0.05) is 19.1 Å². The molecule has 0 spiro atoms. The number of piperazine rings is 1. The zero-order valence-corrected chi connectivity index (χ0v) is 15.1. The zero-order valence-electron chi connectivity index (χ0n) is 14.3. The van der Waals surface area contributed by atoms with Crippen LogP contribution in [0.2, 0.25) is 0 Å². The molecule has 2 heterocycles. The Morgan fingerprint density at radius 3 is 2.38 bits per heavy atom. The fraction of sp³-hybridized carbons (Fsp3) is 0.588. The summed E-state index contributed by atoms with van der Waals surface area (Å²) in [7, 11) is -3.37. The summed E-state index contributed by atoms with van der Waals surface area (Å²) in [6.45, 7) is 6.26. The van der Waals surface area contributed by atoms with Gasteiger partial charge >= 0.3 is 6.09 Å². The van der Waals surface area contributed by atoms with Gasteiger partial charge in [-0.3, -0.25) is 0 Å². The molecule has 7 heteroatoms. The number of fused-ring (bicyclic) bond motifs is 2. The maximum atomic E-state index is 12.7. The van der Waals surface area contributed by atoms with Crippen molar-refractivity contribution in [1.82, 2.24) is 9.21 Å². The molecule has 0 N–H and O–H groups in total. The molecule has 1 aromatic rings. The van der Waals surface area contributed by atoms with Gasteiger partial charge in [-0.25, -0.2) is 13.2 Å². The van der Waals surface area contributed by atoms with Gasteiger partial charge < -0.3 is 9.64 Å². The van der Waals surface area contributed by atoms with Crippen LogP contribution in [0.25, 0.3) is 0 Å². The number of carbonyl (C=O) groups is 1. The summed E-state index contributed by atoms with van der Waals surface area (Å²) < 4.78 is 32.3. The minimum Gasteiger partial charge on any atom is -0.444 e. The van der Waals surface area contributed by atoms with Crippen molar-refractivity contribution < 1.29 is 17.9 Å². The molecule has 3 rings (SSSR count). The van der Waals surface area contributed by atoms with Crippen molar-refractivity contribution in [2.24, 2.45) is 0 Å². The van der Waals surface area contributed by atoms with E-state index >= 15 is 0 Å². The van der Waals surface area contributed by atoms with Crippen molar-refractivity contribution in [2.75, 3.05) is 13.1 Å². The summed E-state index contributed by atoms with van der Waals surface area (Å²) in [5.74, 6) is 0.00347. The Morgan fingerprint density at radius 2 is 1.83 bits per heavy atom. The van der Waals surface area contributed by atoms with Gasteiger partial charge in [-0.05, 0) is 32.8 Å². The number of rotatable bonds is 3. The van der Waals surface area contributed by atoms with Crippen molar-refractivity contribution in [2.45, 2.75) is 50.6 Å². The number of ether oxygens (including phenoxy) is 1. The number of hydrogen-bond acceptors (Lipinski definition) is 4. The molecule has 2 saturated heterocycles. The summed E-state index contributed by atoms with van der Waals surface area (Å²) in [4.78, 5) is 13.9. The molecule has 0 radical (unpaired) electrons. The quantitative estimate of drug-likeness (QED) is 0.836.